The Balaban J connectivity index is 1.80. The minimum Gasteiger partial charge on any atom is -0.335 e. The molecule has 146 valence electrons. The molecule has 1 aromatic carbocycles. The standard InChI is InChI=1S/C19H17F3N4O2/c1-10-14(21)4-3-13(17(10)22)11-5-15-18(23-6-11)24(2)19(28)26(15)9-16(27)25-7-12(20)8-25/h3-6,12H,7-9H2,1-2H3. The van der Waals surface area contributed by atoms with Crippen molar-refractivity contribution >= 4 is 17.1 Å². The molecule has 1 aliphatic heterocycles. The van der Waals surface area contributed by atoms with E-state index in [-0.39, 0.29) is 36.7 Å². The van der Waals surface area contributed by atoms with Gasteiger partial charge < -0.3 is 4.90 Å². The van der Waals surface area contributed by atoms with Crippen LogP contribution in [0.25, 0.3) is 22.3 Å². The number of likely N-dealkylation sites (tertiary alicyclic amines) is 1. The van der Waals surface area contributed by atoms with E-state index in [4.69, 9.17) is 0 Å². The number of alkyl halides is 1. The number of aromatic nitrogens is 3. The van der Waals surface area contributed by atoms with Crippen molar-refractivity contribution in [3.05, 3.63) is 52.1 Å². The molecule has 1 saturated heterocycles. The lowest BCUT2D eigenvalue weighted by Crippen LogP contribution is -2.52. The number of hydrogen-bond acceptors (Lipinski definition) is 3. The normalized spacial score (nSPS) is 14.5. The van der Waals surface area contributed by atoms with Gasteiger partial charge in [-0.2, -0.15) is 0 Å². The van der Waals surface area contributed by atoms with Crippen LogP contribution in [0.3, 0.4) is 0 Å². The second-order valence-electron chi connectivity index (χ2n) is 6.92. The van der Waals surface area contributed by atoms with Gasteiger partial charge in [0.2, 0.25) is 5.91 Å². The van der Waals surface area contributed by atoms with Crippen molar-refractivity contribution in [2.24, 2.45) is 7.05 Å². The van der Waals surface area contributed by atoms with E-state index in [2.05, 4.69) is 4.98 Å². The summed E-state index contributed by atoms with van der Waals surface area (Å²) in [4.78, 5) is 30.4. The number of carbonyl (C=O) groups excluding carboxylic acids is 1. The highest BCUT2D eigenvalue weighted by Crippen LogP contribution is 2.28. The highest BCUT2D eigenvalue weighted by atomic mass is 19.1. The van der Waals surface area contributed by atoms with Gasteiger partial charge in [0.25, 0.3) is 0 Å². The number of fused-ring (bicyclic) bond motifs is 1. The summed E-state index contributed by atoms with van der Waals surface area (Å²) in [6.07, 6.45) is 0.360. The maximum atomic E-state index is 14.5. The Labute approximate surface area is 157 Å². The van der Waals surface area contributed by atoms with E-state index in [0.717, 1.165) is 6.07 Å². The van der Waals surface area contributed by atoms with E-state index in [9.17, 15) is 22.8 Å². The maximum Gasteiger partial charge on any atom is 0.330 e. The van der Waals surface area contributed by atoms with Crippen molar-refractivity contribution in [2.45, 2.75) is 19.6 Å². The number of amides is 1. The smallest absolute Gasteiger partial charge is 0.330 e. The van der Waals surface area contributed by atoms with Crippen molar-refractivity contribution < 1.29 is 18.0 Å². The molecule has 3 heterocycles. The van der Waals surface area contributed by atoms with Crippen LogP contribution in [0.15, 0.2) is 29.2 Å². The number of hydrogen-bond donors (Lipinski definition) is 0. The van der Waals surface area contributed by atoms with Gasteiger partial charge in [-0.25, -0.2) is 22.9 Å². The van der Waals surface area contributed by atoms with Crippen LogP contribution >= 0.6 is 0 Å². The molecule has 0 unspecified atom stereocenters. The molecule has 1 amide bonds. The molecule has 3 aromatic rings. The zero-order valence-corrected chi connectivity index (χ0v) is 15.2. The van der Waals surface area contributed by atoms with Crippen LogP contribution in [0.2, 0.25) is 0 Å². The SMILES string of the molecule is Cc1c(F)ccc(-c2cnc3c(c2)n(CC(=O)N2CC(F)C2)c(=O)n3C)c1F. The number of carbonyl (C=O) groups is 1. The first kappa shape index (κ1) is 18.3. The zero-order chi connectivity index (χ0) is 20.2. The molecule has 1 fully saturated rings. The van der Waals surface area contributed by atoms with Crippen LogP contribution in [0.1, 0.15) is 5.56 Å². The summed E-state index contributed by atoms with van der Waals surface area (Å²) in [7, 11) is 1.52. The molecule has 2 aromatic heterocycles. The number of rotatable bonds is 3. The lowest BCUT2D eigenvalue weighted by atomic mass is 10.0. The molecule has 28 heavy (non-hydrogen) atoms. The number of halogens is 3. The third kappa shape index (κ3) is 2.78. The molecule has 0 aliphatic carbocycles. The van der Waals surface area contributed by atoms with Crippen LogP contribution < -0.4 is 5.69 Å². The van der Waals surface area contributed by atoms with Gasteiger partial charge in [0, 0.05) is 29.9 Å². The highest BCUT2D eigenvalue weighted by molar-refractivity contribution is 5.82. The lowest BCUT2D eigenvalue weighted by Gasteiger charge is -2.34. The Hall–Kier alpha value is -3.10. The van der Waals surface area contributed by atoms with Crippen molar-refractivity contribution in [2.75, 3.05) is 13.1 Å². The second kappa shape index (κ2) is 6.50. The largest absolute Gasteiger partial charge is 0.335 e. The van der Waals surface area contributed by atoms with Crippen LogP contribution in [0.4, 0.5) is 13.2 Å². The van der Waals surface area contributed by atoms with E-state index in [0.29, 0.717) is 16.7 Å². The Morgan fingerprint density at radius 2 is 2.00 bits per heavy atom. The number of nitrogens with zero attached hydrogens (tertiary/aromatic N) is 4. The third-order valence-corrected chi connectivity index (χ3v) is 5.09. The van der Waals surface area contributed by atoms with Gasteiger partial charge in [0.15, 0.2) is 5.65 Å². The summed E-state index contributed by atoms with van der Waals surface area (Å²) in [5.41, 5.74) is 0.598. The molecule has 9 heteroatoms. The lowest BCUT2D eigenvalue weighted by molar-refractivity contribution is -0.138. The fraction of sp³-hybridized carbons (Fsp3) is 0.316. The minimum atomic E-state index is -1.04. The van der Waals surface area contributed by atoms with Crippen LogP contribution in [-0.4, -0.2) is 44.2 Å². The average Bonchev–Trinajstić information content (AvgIpc) is 2.88. The first-order valence-electron chi connectivity index (χ1n) is 8.70. The van der Waals surface area contributed by atoms with E-state index in [1.807, 2.05) is 0 Å². The fourth-order valence-electron chi connectivity index (χ4n) is 3.33. The Morgan fingerprint density at radius 1 is 1.29 bits per heavy atom. The molecule has 0 N–H and O–H groups in total. The fourth-order valence-corrected chi connectivity index (χ4v) is 3.33. The molecular formula is C19H17F3N4O2. The first-order chi connectivity index (χ1) is 13.3. The van der Waals surface area contributed by atoms with Gasteiger partial charge in [-0.1, -0.05) is 0 Å². The topological polar surface area (TPSA) is 60.1 Å². The number of pyridine rings is 1. The summed E-state index contributed by atoms with van der Waals surface area (Å²) >= 11 is 0. The number of benzene rings is 1. The van der Waals surface area contributed by atoms with Crippen molar-refractivity contribution in [1.82, 2.24) is 19.0 Å². The van der Waals surface area contributed by atoms with Gasteiger partial charge in [-0.15, -0.1) is 0 Å². The summed E-state index contributed by atoms with van der Waals surface area (Å²) < 4.78 is 43.6. The maximum absolute atomic E-state index is 14.5. The number of aryl methyl sites for hydroxylation is 1. The summed E-state index contributed by atoms with van der Waals surface area (Å²) in [6.45, 7) is 1.10. The van der Waals surface area contributed by atoms with Gasteiger partial charge in [-0.05, 0) is 25.1 Å². The third-order valence-electron chi connectivity index (χ3n) is 5.09. The van der Waals surface area contributed by atoms with Gasteiger partial charge >= 0.3 is 5.69 Å². The Kier molecular flexibility index (Phi) is 4.24. The first-order valence-corrected chi connectivity index (χ1v) is 8.70. The molecule has 4 rings (SSSR count). The summed E-state index contributed by atoms with van der Waals surface area (Å²) in [5, 5.41) is 0. The minimum absolute atomic E-state index is 0.0158. The zero-order valence-electron chi connectivity index (χ0n) is 15.2. The van der Waals surface area contributed by atoms with Crippen molar-refractivity contribution in [1.29, 1.82) is 0 Å². The Morgan fingerprint density at radius 3 is 2.68 bits per heavy atom. The predicted molar refractivity (Wildman–Crippen MR) is 96.5 cm³/mol. The molecule has 0 spiro atoms. The summed E-state index contributed by atoms with van der Waals surface area (Å²) in [5.74, 6) is -1.74. The molecule has 0 saturated carbocycles. The number of imidazole rings is 1. The highest BCUT2D eigenvalue weighted by Gasteiger charge is 2.31. The van der Waals surface area contributed by atoms with E-state index in [1.54, 1.807) is 6.07 Å². The van der Waals surface area contributed by atoms with Crippen LogP contribution in [0, 0.1) is 18.6 Å². The molecule has 1 aliphatic rings. The van der Waals surface area contributed by atoms with Crippen LogP contribution in [0.5, 0.6) is 0 Å². The van der Waals surface area contributed by atoms with Gasteiger partial charge in [0.1, 0.15) is 24.4 Å². The molecule has 6 nitrogen and oxygen atoms in total. The van der Waals surface area contributed by atoms with E-state index < -0.39 is 23.5 Å². The van der Waals surface area contributed by atoms with E-state index in [1.165, 1.54) is 40.3 Å². The van der Waals surface area contributed by atoms with E-state index >= 15 is 0 Å². The second-order valence-corrected chi connectivity index (χ2v) is 6.92. The van der Waals surface area contributed by atoms with Crippen molar-refractivity contribution in [3.8, 4) is 11.1 Å². The molecule has 0 bridgehead atoms. The van der Waals surface area contributed by atoms with Gasteiger partial charge in [0.05, 0.1) is 18.6 Å². The predicted octanol–water partition coefficient (Wildman–Crippen LogP) is 2.17. The molecule has 0 radical (unpaired) electrons. The van der Waals surface area contributed by atoms with Crippen LogP contribution in [-0.2, 0) is 18.4 Å². The Bertz CT molecular complexity index is 1160. The van der Waals surface area contributed by atoms with Crippen molar-refractivity contribution in [3.63, 3.8) is 0 Å². The van der Waals surface area contributed by atoms with Gasteiger partial charge in [-0.3, -0.25) is 13.9 Å². The molecule has 0 atom stereocenters. The molecular weight excluding hydrogens is 373 g/mol. The summed E-state index contributed by atoms with van der Waals surface area (Å²) in [6, 6.07) is 4.01. The quantitative estimate of drug-likeness (QED) is 0.689. The monoisotopic (exact) mass is 390 g/mol. The average molecular weight is 390 g/mol.